The zero-order valence-electron chi connectivity index (χ0n) is 10.1. The van der Waals surface area contributed by atoms with E-state index in [0.717, 1.165) is 0 Å². The SMILES string of the molecule is N/C(=N/O)c1ccc(O[C@H]2CCN(C(=O)O)C2)nc1. The first-order chi connectivity index (χ1) is 9.10. The highest BCUT2D eigenvalue weighted by atomic mass is 16.5. The highest BCUT2D eigenvalue weighted by molar-refractivity contribution is 5.96. The van der Waals surface area contributed by atoms with Crippen molar-refractivity contribution in [2.45, 2.75) is 12.5 Å². The highest BCUT2D eigenvalue weighted by Crippen LogP contribution is 2.16. The van der Waals surface area contributed by atoms with E-state index in [1.807, 2.05) is 0 Å². The lowest BCUT2D eigenvalue weighted by atomic mass is 10.2. The zero-order chi connectivity index (χ0) is 13.8. The molecule has 0 unspecified atom stereocenters. The van der Waals surface area contributed by atoms with E-state index >= 15 is 0 Å². The molecule has 1 fully saturated rings. The number of hydrogen-bond donors (Lipinski definition) is 3. The van der Waals surface area contributed by atoms with Crippen molar-refractivity contribution in [3.05, 3.63) is 23.9 Å². The lowest BCUT2D eigenvalue weighted by Crippen LogP contribution is -2.29. The van der Waals surface area contributed by atoms with Crippen LogP contribution in [0.25, 0.3) is 0 Å². The number of carboxylic acid groups (broad SMARTS) is 1. The van der Waals surface area contributed by atoms with E-state index in [2.05, 4.69) is 10.1 Å². The van der Waals surface area contributed by atoms with Gasteiger partial charge in [-0.3, -0.25) is 0 Å². The minimum atomic E-state index is -0.943. The van der Waals surface area contributed by atoms with Gasteiger partial charge in [-0.05, 0) is 6.07 Å². The number of carbonyl (C=O) groups is 1. The van der Waals surface area contributed by atoms with Crippen molar-refractivity contribution in [2.75, 3.05) is 13.1 Å². The zero-order valence-corrected chi connectivity index (χ0v) is 10.1. The monoisotopic (exact) mass is 266 g/mol. The van der Waals surface area contributed by atoms with Crippen molar-refractivity contribution in [1.82, 2.24) is 9.88 Å². The van der Waals surface area contributed by atoms with Crippen LogP contribution < -0.4 is 10.5 Å². The topological polar surface area (TPSA) is 121 Å². The smallest absolute Gasteiger partial charge is 0.407 e. The van der Waals surface area contributed by atoms with Crippen LogP contribution in [-0.4, -0.2) is 51.3 Å². The van der Waals surface area contributed by atoms with Crippen LogP contribution in [0, 0.1) is 0 Å². The Kier molecular flexibility index (Phi) is 3.69. The molecular formula is C11H14N4O4. The maximum absolute atomic E-state index is 10.8. The number of aromatic nitrogens is 1. The van der Waals surface area contributed by atoms with Crippen LogP contribution in [0.15, 0.2) is 23.5 Å². The summed E-state index contributed by atoms with van der Waals surface area (Å²) in [4.78, 5) is 16.1. The molecule has 1 aliphatic heterocycles. The average molecular weight is 266 g/mol. The van der Waals surface area contributed by atoms with Gasteiger partial charge in [0.05, 0.1) is 6.54 Å². The fourth-order valence-corrected chi connectivity index (χ4v) is 1.83. The van der Waals surface area contributed by atoms with Gasteiger partial charge in [-0.1, -0.05) is 5.16 Å². The molecule has 2 heterocycles. The standard InChI is InChI=1S/C11H14N4O4/c12-10(14-18)7-1-2-9(13-5-7)19-8-3-4-15(6-8)11(16)17/h1-2,5,8,18H,3-4,6H2,(H2,12,14)(H,16,17)/t8-/m0/s1. The number of amidine groups is 1. The van der Waals surface area contributed by atoms with Crippen molar-refractivity contribution < 1.29 is 19.8 Å². The molecule has 0 aromatic carbocycles. The Bertz CT molecular complexity index is 488. The van der Waals surface area contributed by atoms with Gasteiger partial charge in [0, 0.05) is 30.8 Å². The number of rotatable bonds is 3. The minimum Gasteiger partial charge on any atom is -0.472 e. The second-order valence-electron chi connectivity index (χ2n) is 4.13. The van der Waals surface area contributed by atoms with Crippen LogP contribution >= 0.6 is 0 Å². The first kappa shape index (κ1) is 12.9. The third kappa shape index (κ3) is 3.03. The molecule has 19 heavy (non-hydrogen) atoms. The normalized spacial score (nSPS) is 19.5. The summed E-state index contributed by atoms with van der Waals surface area (Å²) in [5, 5.41) is 20.2. The van der Waals surface area contributed by atoms with E-state index in [0.29, 0.717) is 31.0 Å². The summed E-state index contributed by atoms with van der Waals surface area (Å²) in [6, 6.07) is 3.21. The molecule has 1 atom stereocenters. The van der Waals surface area contributed by atoms with Crippen LogP contribution in [-0.2, 0) is 0 Å². The quantitative estimate of drug-likeness (QED) is 0.313. The number of amides is 1. The minimum absolute atomic E-state index is 0.0306. The first-order valence-corrected chi connectivity index (χ1v) is 5.68. The van der Waals surface area contributed by atoms with Crippen LogP contribution in [0.4, 0.5) is 4.79 Å². The average Bonchev–Trinajstić information content (AvgIpc) is 2.87. The predicted octanol–water partition coefficient (Wildman–Crippen LogP) is 0.307. The Morgan fingerprint density at radius 3 is 2.89 bits per heavy atom. The summed E-state index contributed by atoms with van der Waals surface area (Å²) < 4.78 is 5.56. The molecule has 0 aliphatic carbocycles. The first-order valence-electron chi connectivity index (χ1n) is 5.68. The molecule has 102 valence electrons. The maximum atomic E-state index is 10.8. The Morgan fingerprint density at radius 1 is 1.58 bits per heavy atom. The van der Waals surface area contributed by atoms with Gasteiger partial charge in [0.2, 0.25) is 5.88 Å². The van der Waals surface area contributed by atoms with E-state index < -0.39 is 6.09 Å². The molecule has 1 aromatic rings. The second-order valence-corrected chi connectivity index (χ2v) is 4.13. The molecule has 0 radical (unpaired) electrons. The molecule has 0 saturated carbocycles. The molecule has 1 saturated heterocycles. The molecule has 2 rings (SSSR count). The fourth-order valence-electron chi connectivity index (χ4n) is 1.83. The molecule has 4 N–H and O–H groups in total. The van der Waals surface area contributed by atoms with E-state index in [1.165, 1.54) is 11.1 Å². The highest BCUT2D eigenvalue weighted by Gasteiger charge is 2.27. The largest absolute Gasteiger partial charge is 0.472 e. The number of ether oxygens (including phenoxy) is 1. The number of nitrogens with zero attached hydrogens (tertiary/aromatic N) is 3. The molecule has 0 bridgehead atoms. The van der Waals surface area contributed by atoms with Gasteiger partial charge < -0.3 is 25.7 Å². The summed E-state index contributed by atoms with van der Waals surface area (Å²) >= 11 is 0. The molecule has 0 spiro atoms. The van der Waals surface area contributed by atoms with Crippen molar-refractivity contribution in [1.29, 1.82) is 0 Å². The molecular weight excluding hydrogens is 252 g/mol. The summed E-state index contributed by atoms with van der Waals surface area (Å²) in [5.41, 5.74) is 5.89. The van der Waals surface area contributed by atoms with Crippen molar-refractivity contribution >= 4 is 11.9 Å². The number of hydrogen-bond acceptors (Lipinski definition) is 5. The Hall–Kier alpha value is -2.51. The summed E-state index contributed by atoms with van der Waals surface area (Å²) in [7, 11) is 0. The maximum Gasteiger partial charge on any atom is 0.407 e. The van der Waals surface area contributed by atoms with Gasteiger partial charge in [0.15, 0.2) is 5.84 Å². The van der Waals surface area contributed by atoms with Gasteiger partial charge in [0.25, 0.3) is 0 Å². The fraction of sp³-hybridized carbons (Fsp3) is 0.364. The van der Waals surface area contributed by atoms with Crippen LogP contribution in [0.2, 0.25) is 0 Å². The van der Waals surface area contributed by atoms with Crippen LogP contribution in [0.3, 0.4) is 0 Å². The molecule has 8 heteroatoms. The van der Waals surface area contributed by atoms with Gasteiger partial charge in [0.1, 0.15) is 6.10 Å². The Labute approximate surface area is 109 Å². The van der Waals surface area contributed by atoms with Gasteiger partial charge >= 0.3 is 6.09 Å². The van der Waals surface area contributed by atoms with E-state index in [4.69, 9.17) is 20.8 Å². The van der Waals surface area contributed by atoms with Gasteiger partial charge in [-0.15, -0.1) is 0 Å². The van der Waals surface area contributed by atoms with Crippen LogP contribution in [0.1, 0.15) is 12.0 Å². The molecule has 1 aromatic heterocycles. The summed E-state index contributed by atoms with van der Waals surface area (Å²) in [6.45, 7) is 0.793. The number of pyridine rings is 1. The predicted molar refractivity (Wildman–Crippen MR) is 65.4 cm³/mol. The number of likely N-dealkylation sites (tertiary alicyclic amines) is 1. The van der Waals surface area contributed by atoms with Gasteiger partial charge in [-0.25, -0.2) is 9.78 Å². The van der Waals surface area contributed by atoms with Crippen molar-refractivity contribution in [2.24, 2.45) is 10.9 Å². The molecule has 1 amide bonds. The lowest BCUT2D eigenvalue weighted by molar-refractivity contribution is 0.144. The van der Waals surface area contributed by atoms with E-state index in [1.54, 1.807) is 12.1 Å². The third-order valence-electron chi connectivity index (χ3n) is 2.84. The number of oxime groups is 1. The Morgan fingerprint density at radius 2 is 2.37 bits per heavy atom. The second kappa shape index (κ2) is 5.42. The van der Waals surface area contributed by atoms with E-state index in [-0.39, 0.29) is 11.9 Å². The van der Waals surface area contributed by atoms with Crippen molar-refractivity contribution in [3.8, 4) is 5.88 Å². The number of nitrogens with two attached hydrogens (primary N) is 1. The van der Waals surface area contributed by atoms with E-state index in [9.17, 15) is 4.79 Å². The van der Waals surface area contributed by atoms with Gasteiger partial charge in [-0.2, -0.15) is 0 Å². The lowest BCUT2D eigenvalue weighted by Gasteiger charge is -2.13. The summed E-state index contributed by atoms with van der Waals surface area (Å²) in [5.74, 6) is 0.351. The summed E-state index contributed by atoms with van der Waals surface area (Å²) in [6.07, 6.45) is 0.921. The van der Waals surface area contributed by atoms with Crippen LogP contribution in [0.5, 0.6) is 5.88 Å². The third-order valence-corrected chi connectivity index (χ3v) is 2.84. The molecule has 8 nitrogen and oxygen atoms in total. The Balaban J connectivity index is 1.95. The van der Waals surface area contributed by atoms with Crippen molar-refractivity contribution in [3.63, 3.8) is 0 Å². The molecule has 1 aliphatic rings.